The molecule has 7 nitrogen and oxygen atoms in total. The van der Waals surface area contributed by atoms with Crippen molar-refractivity contribution in [1.82, 2.24) is 5.32 Å². The second-order valence-electron chi connectivity index (χ2n) is 5.00. The molecule has 0 fully saturated rings. The van der Waals surface area contributed by atoms with Crippen LogP contribution in [0.2, 0.25) is 0 Å². The number of carboxylic acids is 1. The first-order chi connectivity index (χ1) is 8.19. The molecule has 1 unspecified atom stereocenters. The van der Waals surface area contributed by atoms with Crippen LogP contribution in [0.5, 0.6) is 0 Å². The van der Waals surface area contributed by atoms with Crippen LogP contribution in [0.15, 0.2) is 4.99 Å². The second kappa shape index (κ2) is 5.24. The Labute approximate surface area is 105 Å². The van der Waals surface area contributed by atoms with Crippen LogP contribution in [0.3, 0.4) is 0 Å². The summed E-state index contributed by atoms with van der Waals surface area (Å²) in [5.41, 5.74) is -0.592. The SMILES string of the molecule is C[C@@H](NC(=O)OC(C)(C)C)C1=NC(C(=O)O)CO1. The fourth-order valence-electron chi connectivity index (χ4n) is 1.30. The summed E-state index contributed by atoms with van der Waals surface area (Å²) in [4.78, 5) is 26.0. The zero-order valence-electron chi connectivity index (χ0n) is 10.9. The van der Waals surface area contributed by atoms with Gasteiger partial charge in [-0.25, -0.2) is 14.6 Å². The van der Waals surface area contributed by atoms with Crippen LogP contribution in [0.4, 0.5) is 4.79 Å². The normalized spacial score (nSPS) is 20.7. The summed E-state index contributed by atoms with van der Waals surface area (Å²) in [6.07, 6.45) is -0.597. The summed E-state index contributed by atoms with van der Waals surface area (Å²) in [5.74, 6) is -0.845. The van der Waals surface area contributed by atoms with E-state index in [-0.39, 0.29) is 12.5 Å². The molecule has 1 aliphatic rings. The molecule has 0 aromatic heterocycles. The van der Waals surface area contributed by atoms with Gasteiger partial charge in [-0.1, -0.05) is 0 Å². The molecule has 0 aromatic rings. The van der Waals surface area contributed by atoms with Crippen molar-refractivity contribution < 1.29 is 24.2 Å². The second-order valence-corrected chi connectivity index (χ2v) is 5.00. The fourth-order valence-corrected chi connectivity index (χ4v) is 1.30. The molecule has 0 saturated carbocycles. The lowest BCUT2D eigenvalue weighted by molar-refractivity contribution is -0.138. The van der Waals surface area contributed by atoms with Gasteiger partial charge in [-0.3, -0.25) is 0 Å². The molecule has 102 valence electrons. The molecule has 1 rings (SSSR count). The van der Waals surface area contributed by atoms with Gasteiger partial charge in [0.2, 0.25) is 5.90 Å². The van der Waals surface area contributed by atoms with Gasteiger partial charge in [0.05, 0.1) is 0 Å². The summed E-state index contributed by atoms with van der Waals surface area (Å²) < 4.78 is 10.2. The van der Waals surface area contributed by atoms with E-state index in [1.165, 1.54) is 0 Å². The van der Waals surface area contributed by atoms with Crippen LogP contribution in [0, 0.1) is 0 Å². The van der Waals surface area contributed by atoms with Gasteiger partial charge in [0.25, 0.3) is 0 Å². The lowest BCUT2D eigenvalue weighted by Crippen LogP contribution is -2.41. The van der Waals surface area contributed by atoms with Crippen LogP contribution >= 0.6 is 0 Å². The molecular weight excluding hydrogens is 240 g/mol. The molecule has 0 aliphatic carbocycles. The van der Waals surface area contributed by atoms with Crippen LogP contribution in [0.1, 0.15) is 27.7 Å². The average Bonchev–Trinajstić information content (AvgIpc) is 2.62. The third-order valence-electron chi connectivity index (χ3n) is 2.06. The molecule has 0 saturated heterocycles. The topological polar surface area (TPSA) is 97.2 Å². The maximum atomic E-state index is 11.5. The lowest BCUT2D eigenvalue weighted by Gasteiger charge is -2.21. The van der Waals surface area contributed by atoms with E-state index < -0.39 is 29.7 Å². The molecule has 2 atom stereocenters. The van der Waals surface area contributed by atoms with Gasteiger partial charge >= 0.3 is 12.1 Å². The zero-order valence-corrected chi connectivity index (χ0v) is 10.9. The molecule has 1 heterocycles. The van der Waals surface area contributed by atoms with E-state index in [1.54, 1.807) is 27.7 Å². The van der Waals surface area contributed by atoms with Gasteiger partial charge in [-0.15, -0.1) is 0 Å². The summed E-state index contributed by atoms with van der Waals surface area (Å²) in [5, 5.41) is 11.3. The van der Waals surface area contributed by atoms with Crippen LogP contribution in [-0.4, -0.2) is 47.4 Å². The number of aliphatic imine (C=N–C) groups is 1. The van der Waals surface area contributed by atoms with Crippen molar-refractivity contribution in [1.29, 1.82) is 0 Å². The van der Waals surface area contributed by atoms with Crippen molar-refractivity contribution in [2.75, 3.05) is 6.61 Å². The Bertz CT molecular complexity index is 372. The number of nitrogens with one attached hydrogen (secondary N) is 1. The Morgan fingerprint density at radius 3 is 2.61 bits per heavy atom. The van der Waals surface area contributed by atoms with E-state index in [9.17, 15) is 9.59 Å². The average molecular weight is 258 g/mol. The number of hydrogen-bond donors (Lipinski definition) is 2. The molecule has 1 amide bonds. The Balaban J connectivity index is 2.52. The summed E-state index contributed by atoms with van der Waals surface area (Å²) >= 11 is 0. The highest BCUT2D eigenvalue weighted by molar-refractivity contribution is 5.89. The molecule has 2 N–H and O–H groups in total. The quantitative estimate of drug-likeness (QED) is 0.779. The standard InChI is InChI=1S/C11H18N2O5/c1-6(12-10(16)18-11(2,3)4)8-13-7(5-17-8)9(14)15/h6-7H,5H2,1-4H3,(H,12,16)(H,14,15)/t6-,7?/m1/s1. The van der Waals surface area contributed by atoms with E-state index in [4.69, 9.17) is 14.6 Å². The smallest absolute Gasteiger partial charge is 0.408 e. The van der Waals surface area contributed by atoms with E-state index in [2.05, 4.69) is 10.3 Å². The predicted molar refractivity (Wildman–Crippen MR) is 63.6 cm³/mol. The largest absolute Gasteiger partial charge is 0.480 e. The third kappa shape index (κ3) is 4.23. The zero-order chi connectivity index (χ0) is 13.9. The van der Waals surface area contributed by atoms with Gasteiger partial charge in [-0.05, 0) is 27.7 Å². The van der Waals surface area contributed by atoms with Crippen molar-refractivity contribution in [2.24, 2.45) is 4.99 Å². The highest BCUT2D eigenvalue weighted by atomic mass is 16.6. The molecule has 1 aliphatic heterocycles. The number of carbonyl (C=O) groups is 2. The van der Waals surface area contributed by atoms with E-state index in [0.717, 1.165) is 0 Å². The van der Waals surface area contributed by atoms with Crippen LogP contribution in [0.25, 0.3) is 0 Å². The number of nitrogens with zero attached hydrogens (tertiary/aromatic N) is 1. The number of rotatable bonds is 3. The number of alkyl carbamates (subject to hydrolysis) is 1. The Hall–Kier alpha value is -1.79. The minimum atomic E-state index is -1.05. The molecule has 0 aromatic carbocycles. The number of carboxylic acid groups (broad SMARTS) is 1. The summed E-state index contributed by atoms with van der Waals surface area (Å²) in [6, 6.07) is -1.42. The maximum Gasteiger partial charge on any atom is 0.408 e. The minimum Gasteiger partial charge on any atom is -0.480 e. The van der Waals surface area contributed by atoms with Crippen molar-refractivity contribution in [3.8, 4) is 0 Å². The van der Waals surface area contributed by atoms with Gasteiger partial charge in [0.15, 0.2) is 6.04 Å². The predicted octanol–water partition coefficient (Wildman–Crippen LogP) is 0.781. The molecule has 0 bridgehead atoms. The van der Waals surface area contributed by atoms with Crippen molar-refractivity contribution >= 4 is 18.0 Å². The first-order valence-electron chi connectivity index (χ1n) is 5.62. The van der Waals surface area contributed by atoms with E-state index in [1.807, 2.05) is 0 Å². The Morgan fingerprint density at radius 2 is 2.17 bits per heavy atom. The van der Waals surface area contributed by atoms with Gasteiger partial charge in [0.1, 0.15) is 18.2 Å². The monoisotopic (exact) mass is 258 g/mol. The van der Waals surface area contributed by atoms with Crippen molar-refractivity contribution in [3.63, 3.8) is 0 Å². The molecule has 7 heteroatoms. The van der Waals surface area contributed by atoms with Gasteiger partial charge < -0.3 is 19.9 Å². The minimum absolute atomic E-state index is 0.00892. The highest BCUT2D eigenvalue weighted by Gasteiger charge is 2.29. The highest BCUT2D eigenvalue weighted by Crippen LogP contribution is 2.10. The summed E-state index contributed by atoms with van der Waals surface area (Å²) in [6.45, 7) is 6.89. The lowest BCUT2D eigenvalue weighted by atomic mass is 10.2. The van der Waals surface area contributed by atoms with E-state index >= 15 is 0 Å². The fraction of sp³-hybridized carbons (Fsp3) is 0.727. The van der Waals surface area contributed by atoms with Gasteiger partial charge in [0, 0.05) is 0 Å². The first kappa shape index (κ1) is 14.3. The van der Waals surface area contributed by atoms with Crippen molar-refractivity contribution in [2.45, 2.75) is 45.4 Å². The molecule has 0 spiro atoms. The van der Waals surface area contributed by atoms with Gasteiger partial charge in [-0.2, -0.15) is 0 Å². The molecule has 0 radical (unpaired) electrons. The number of hydrogen-bond acceptors (Lipinski definition) is 5. The number of ether oxygens (including phenoxy) is 2. The van der Waals surface area contributed by atoms with Crippen molar-refractivity contribution in [3.05, 3.63) is 0 Å². The number of carbonyl (C=O) groups excluding carboxylic acids is 1. The number of amides is 1. The van der Waals surface area contributed by atoms with Crippen LogP contribution in [-0.2, 0) is 14.3 Å². The number of aliphatic carboxylic acids is 1. The third-order valence-corrected chi connectivity index (χ3v) is 2.06. The van der Waals surface area contributed by atoms with E-state index in [0.29, 0.717) is 0 Å². The van der Waals surface area contributed by atoms with Crippen LogP contribution < -0.4 is 5.32 Å². The molecule has 18 heavy (non-hydrogen) atoms. The summed E-state index contributed by atoms with van der Waals surface area (Å²) in [7, 11) is 0. The Kier molecular flexibility index (Phi) is 4.15. The Morgan fingerprint density at radius 1 is 1.56 bits per heavy atom. The first-order valence-corrected chi connectivity index (χ1v) is 5.62. The molecular formula is C11H18N2O5. The maximum absolute atomic E-state index is 11.5.